The van der Waals surface area contributed by atoms with Gasteiger partial charge in [-0.1, -0.05) is 32.0 Å². The van der Waals surface area contributed by atoms with Crippen LogP contribution in [0.1, 0.15) is 13.8 Å². The fraction of sp³-hybridized carbons (Fsp3) is 0.533. The van der Waals surface area contributed by atoms with Crippen LogP contribution in [0.5, 0.6) is 0 Å². The first kappa shape index (κ1) is 13.7. The van der Waals surface area contributed by atoms with E-state index in [4.69, 9.17) is 4.74 Å². The number of nitrogens with zero attached hydrogens (tertiary/aromatic N) is 2. The summed E-state index contributed by atoms with van der Waals surface area (Å²) < 4.78 is 5.25. The molecule has 1 fully saturated rings. The van der Waals surface area contributed by atoms with Gasteiger partial charge >= 0.3 is 6.09 Å². The summed E-state index contributed by atoms with van der Waals surface area (Å²) in [5, 5.41) is 0. The average Bonchev–Trinajstić information content (AvgIpc) is 2.46. The van der Waals surface area contributed by atoms with E-state index >= 15 is 0 Å². The van der Waals surface area contributed by atoms with E-state index in [1.54, 1.807) is 4.90 Å². The van der Waals surface area contributed by atoms with E-state index in [0.717, 1.165) is 26.2 Å². The first-order chi connectivity index (χ1) is 9.16. The molecule has 4 nitrogen and oxygen atoms in total. The van der Waals surface area contributed by atoms with Crippen LogP contribution in [-0.4, -0.2) is 43.8 Å². The van der Waals surface area contributed by atoms with Gasteiger partial charge in [-0.05, 0) is 18.1 Å². The van der Waals surface area contributed by atoms with Crippen LogP contribution >= 0.6 is 0 Å². The van der Waals surface area contributed by atoms with Gasteiger partial charge in [0.1, 0.15) is 0 Å². The Labute approximate surface area is 115 Å². The summed E-state index contributed by atoms with van der Waals surface area (Å²) >= 11 is 0. The Kier molecular flexibility index (Phi) is 4.66. The Morgan fingerprint density at radius 1 is 1.16 bits per heavy atom. The van der Waals surface area contributed by atoms with Gasteiger partial charge in [0.15, 0.2) is 0 Å². The average molecular weight is 262 g/mol. The summed E-state index contributed by atoms with van der Waals surface area (Å²) in [5.74, 6) is 0.384. The number of carbonyl (C=O) groups is 1. The lowest BCUT2D eigenvalue weighted by Crippen LogP contribution is -2.49. The Balaban J connectivity index is 1.81. The van der Waals surface area contributed by atoms with Gasteiger partial charge in [0.05, 0.1) is 6.61 Å². The molecule has 0 N–H and O–H groups in total. The van der Waals surface area contributed by atoms with Gasteiger partial charge in [-0.3, -0.25) is 0 Å². The van der Waals surface area contributed by atoms with Crippen molar-refractivity contribution in [2.45, 2.75) is 13.8 Å². The number of benzene rings is 1. The van der Waals surface area contributed by atoms with Gasteiger partial charge in [-0.15, -0.1) is 0 Å². The SMILES string of the molecule is CC(C)COC(=O)N1CCN(c2ccccc2)CC1. The number of piperazine rings is 1. The van der Waals surface area contributed by atoms with Crippen molar-refractivity contribution in [3.63, 3.8) is 0 Å². The third kappa shape index (κ3) is 3.88. The van der Waals surface area contributed by atoms with E-state index < -0.39 is 0 Å². The van der Waals surface area contributed by atoms with Crippen molar-refractivity contribution in [1.29, 1.82) is 0 Å². The zero-order valence-electron chi connectivity index (χ0n) is 11.7. The molecule has 0 aliphatic carbocycles. The van der Waals surface area contributed by atoms with Gasteiger partial charge in [0, 0.05) is 31.9 Å². The molecule has 0 unspecified atom stereocenters. The molecule has 1 aliphatic heterocycles. The fourth-order valence-corrected chi connectivity index (χ4v) is 2.12. The summed E-state index contributed by atoms with van der Waals surface area (Å²) in [6.07, 6.45) is -0.179. The normalized spacial score (nSPS) is 15.7. The van der Waals surface area contributed by atoms with Crippen LogP contribution in [0.15, 0.2) is 30.3 Å². The molecule has 104 valence electrons. The van der Waals surface area contributed by atoms with E-state index in [1.165, 1.54) is 5.69 Å². The summed E-state index contributed by atoms with van der Waals surface area (Å²) in [5.41, 5.74) is 1.22. The number of anilines is 1. The summed E-state index contributed by atoms with van der Waals surface area (Å²) in [6.45, 7) is 7.76. The zero-order valence-corrected chi connectivity index (χ0v) is 11.7. The minimum Gasteiger partial charge on any atom is -0.449 e. The first-order valence-corrected chi connectivity index (χ1v) is 6.88. The smallest absolute Gasteiger partial charge is 0.409 e. The Hall–Kier alpha value is -1.71. The Morgan fingerprint density at radius 2 is 1.79 bits per heavy atom. The van der Waals surface area contributed by atoms with Crippen molar-refractivity contribution in [3.05, 3.63) is 30.3 Å². The predicted octanol–water partition coefficient (Wildman–Crippen LogP) is 2.60. The topological polar surface area (TPSA) is 32.8 Å². The van der Waals surface area contributed by atoms with E-state index in [9.17, 15) is 4.79 Å². The highest BCUT2D eigenvalue weighted by molar-refractivity contribution is 5.68. The number of hydrogen-bond donors (Lipinski definition) is 0. The van der Waals surface area contributed by atoms with E-state index in [1.807, 2.05) is 32.0 Å². The number of amides is 1. The van der Waals surface area contributed by atoms with Gasteiger partial charge in [0.2, 0.25) is 0 Å². The van der Waals surface area contributed by atoms with Gasteiger partial charge in [0.25, 0.3) is 0 Å². The van der Waals surface area contributed by atoms with Gasteiger partial charge < -0.3 is 14.5 Å². The number of rotatable bonds is 3. The van der Waals surface area contributed by atoms with E-state index in [0.29, 0.717) is 12.5 Å². The molecule has 1 heterocycles. The highest BCUT2D eigenvalue weighted by atomic mass is 16.6. The van der Waals surface area contributed by atoms with Crippen LogP contribution in [-0.2, 0) is 4.74 Å². The molecule has 1 saturated heterocycles. The molecule has 0 saturated carbocycles. The van der Waals surface area contributed by atoms with E-state index in [-0.39, 0.29) is 6.09 Å². The molecule has 4 heteroatoms. The standard InChI is InChI=1S/C15H22N2O2/c1-13(2)12-19-15(18)17-10-8-16(9-11-17)14-6-4-3-5-7-14/h3-7,13H,8-12H2,1-2H3. The highest BCUT2D eigenvalue weighted by Crippen LogP contribution is 2.15. The second-order valence-electron chi connectivity index (χ2n) is 5.28. The van der Waals surface area contributed by atoms with Crippen molar-refractivity contribution in [3.8, 4) is 0 Å². The lowest BCUT2D eigenvalue weighted by atomic mass is 10.2. The Morgan fingerprint density at radius 3 is 2.37 bits per heavy atom. The maximum absolute atomic E-state index is 11.8. The largest absolute Gasteiger partial charge is 0.449 e. The Bertz CT molecular complexity index is 398. The van der Waals surface area contributed by atoms with Crippen molar-refractivity contribution >= 4 is 11.8 Å². The van der Waals surface area contributed by atoms with Gasteiger partial charge in [-0.25, -0.2) is 4.79 Å². The minimum atomic E-state index is -0.179. The second kappa shape index (κ2) is 6.45. The fourth-order valence-electron chi connectivity index (χ4n) is 2.12. The number of para-hydroxylation sites is 1. The lowest BCUT2D eigenvalue weighted by Gasteiger charge is -2.35. The molecule has 0 spiro atoms. The molecule has 1 aliphatic rings. The summed E-state index contributed by atoms with van der Waals surface area (Å²) in [6, 6.07) is 10.3. The monoisotopic (exact) mass is 262 g/mol. The van der Waals surface area contributed by atoms with E-state index in [2.05, 4.69) is 17.0 Å². The molecule has 0 radical (unpaired) electrons. The molecule has 1 amide bonds. The van der Waals surface area contributed by atoms with Crippen molar-refractivity contribution in [2.75, 3.05) is 37.7 Å². The van der Waals surface area contributed by atoms with Crippen molar-refractivity contribution in [2.24, 2.45) is 5.92 Å². The molecule has 0 bridgehead atoms. The molecular formula is C15H22N2O2. The van der Waals surface area contributed by atoms with Crippen LogP contribution in [0.4, 0.5) is 10.5 Å². The number of ether oxygens (including phenoxy) is 1. The van der Waals surface area contributed by atoms with Crippen LogP contribution in [0.25, 0.3) is 0 Å². The molecular weight excluding hydrogens is 240 g/mol. The molecule has 1 aromatic rings. The number of carbonyl (C=O) groups excluding carboxylic acids is 1. The maximum atomic E-state index is 11.8. The second-order valence-corrected chi connectivity index (χ2v) is 5.28. The lowest BCUT2D eigenvalue weighted by molar-refractivity contribution is 0.0901. The minimum absolute atomic E-state index is 0.179. The summed E-state index contributed by atoms with van der Waals surface area (Å²) in [7, 11) is 0. The van der Waals surface area contributed by atoms with Gasteiger partial charge in [-0.2, -0.15) is 0 Å². The van der Waals surface area contributed by atoms with Crippen molar-refractivity contribution < 1.29 is 9.53 Å². The quantitative estimate of drug-likeness (QED) is 0.839. The predicted molar refractivity (Wildman–Crippen MR) is 76.4 cm³/mol. The highest BCUT2D eigenvalue weighted by Gasteiger charge is 2.22. The van der Waals surface area contributed by atoms with Crippen LogP contribution < -0.4 is 4.90 Å². The number of hydrogen-bond acceptors (Lipinski definition) is 3. The third-order valence-electron chi connectivity index (χ3n) is 3.20. The zero-order chi connectivity index (χ0) is 13.7. The maximum Gasteiger partial charge on any atom is 0.409 e. The molecule has 0 aromatic heterocycles. The van der Waals surface area contributed by atoms with Crippen LogP contribution in [0.3, 0.4) is 0 Å². The first-order valence-electron chi connectivity index (χ1n) is 6.88. The molecule has 1 aromatic carbocycles. The molecule has 0 atom stereocenters. The van der Waals surface area contributed by atoms with Crippen LogP contribution in [0.2, 0.25) is 0 Å². The van der Waals surface area contributed by atoms with Crippen LogP contribution in [0, 0.1) is 5.92 Å². The molecule has 19 heavy (non-hydrogen) atoms. The molecule has 2 rings (SSSR count). The summed E-state index contributed by atoms with van der Waals surface area (Å²) in [4.78, 5) is 15.9. The van der Waals surface area contributed by atoms with Crippen molar-refractivity contribution in [1.82, 2.24) is 4.90 Å². The third-order valence-corrected chi connectivity index (χ3v) is 3.20.